The second-order valence-electron chi connectivity index (χ2n) is 7.76. The molecule has 6 nitrogen and oxygen atoms in total. The van der Waals surface area contributed by atoms with Gasteiger partial charge in [-0.25, -0.2) is 0 Å². The third-order valence-electron chi connectivity index (χ3n) is 6.03. The van der Waals surface area contributed by atoms with Gasteiger partial charge in [0.2, 0.25) is 5.91 Å². The first-order valence-electron chi connectivity index (χ1n) is 9.69. The van der Waals surface area contributed by atoms with Crippen molar-refractivity contribution in [3.63, 3.8) is 0 Å². The Kier molecular flexibility index (Phi) is 6.27. The minimum atomic E-state index is 0. The predicted molar refractivity (Wildman–Crippen MR) is 106 cm³/mol. The third-order valence-corrected chi connectivity index (χ3v) is 6.03. The number of rotatable bonds is 5. The SMILES string of the molecule is Cl.O=C(Nc1cccc(OCC(=O)N2CCCC2)c1)C1CC12CCNCC2. The van der Waals surface area contributed by atoms with E-state index in [4.69, 9.17) is 4.74 Å². The molecule has 148 valence electrons. The van der Waals surface area contributed by atoms with Gasteiger partial charge in [0.05, 0.1) is 0 Å². The molecule has 1 atom stereocenters. The van der Waals surface area contributed by atoms with Crippen LogP contribution in [0, 0.1) is 11.3 Å². The van der Waals surface area contributed by atoms with Crippen LogP contribution >= 0.6 is 12.4 Å². The van der Waals surface area contributed by atoms with Crippen LogP contribution in [0.4, 0.5) is 5.69 Å². The molecular formula is C20H28ClN3O3. The fraction of sp³-hybridized carbons (Fsp3) is 0.600. The molecular weight excluding hydrogens is 366 g/mol. The summed E-state index contributed by atoms with van der Waals surface area (Å²) < 4.78 is 5.64. The van der Waals surface area contributed by atoms with E-state index in [0.29, 0.717) is 5.75 Å². The van der Waals surface area contributed by atoms with Gasteiger partial charge in [0.15, 0.2) is 6.61 Å². The first kappa shape index (κ1) is 20.0. The second-order valence-corrected chi connectivity index (χ2v) is 7.76. The van der Waals surface area contributed by atoms with Gasteiger partial charge in [-0.05, 0) is 62.7 Å². The Morgan fingerprint density at radius 3 is 2.70 bits per heavy atom. The number of hydrogen-bond acceptors (Lipinski definition) is 4. The van der Waals surface area contributed by atoms with Gasteiger partial charge in [0.1, 0.15) is 5.75 Å². The Morgan fingerprint density at radius 1 is 1.22 bits per heavy atom. The van der Waals surface area contributed by atoms with Crippen molar-refractivity contribution in [2.45, 2.75) is 32.1 Å². The van der Waals surface area contributed by atoms with E-state index < -0.39 is 0 Å². The molecule has 3 aliphatic rings. The molecule has 1 saturated carbocycles. The monoisotopic (exact) mass is 393 g/mol. The van der Waals surface area contributed by atoms with Gasteiger partial charge in [-0.15, -0.1) is 12.4 Å². The molecule has 1 aliphatic carbocycles. The van der Waals surface area contributed by atoms with Crippen LogP contribution in [0.25, 0.3) is 0 Å². The molecule has 1 unspecified atom stereocenters. The Bertz CT molecular complexity index is 685. The number of anilines is 1. The second kappa shape index (κ2) is 8.48. The first-order chi connectivity index (χ1) is 12.7. The third kappa shape index (κ3) is 4.55. The largest absolute Gasteiger partial charge is 0.484 e. The highest BCUT2D eigenvalue weighted by molar-refractivity contribution is 5.95. The zero-order valence-electron chi connectivity index (χ0n) is 15.5. The highest BCUT2D eigenvalue weighted by Gasteiger charge is 2.57. The number of likely N-dealkylation sites (tertiary alicyclic amines) is 1. The van der Waals surface area contributed by atoms with Gasteiger partial charge in [-0.2, -0.15) is 0 Å². The molecule has 2 aliphatic heterocycles. The summed E-state index contributed by atoms with van der Waals surface area (Å²) in [7, 11) is 0. The number of amides is 2. The molecule has 0 aromatic heterocycles. The summed E-state index contributed by atoms with van der Waals surface area (Å²) in [5.74, 6) is 0.883. The molecule has 4 rings (SSSR count). The van der Waals surface area contributed by atoms with E-state index in [-0.39, 0.29) is 42.2 Å². The van der Waals surface area contributed by atoms with Crippen LogP contribution in [0.1, 0.15) is 32.1 Å². The molecule has 2 N–H and O–H groups in total. The smallest absolute Gasteiger partial charge is 0.260 e. The topological polar surface area (TPSA) is 70.7 Å². The summed E-state index contributed by atoms with van der Waals surface area (Å²) in [6, 6.07) is 7.33. The zero-order chi connectivity index (χ0) is 18.0. The minimum Gasteiger partial charge on any atom is -0.484 e. The van der Waals surface area contributed by atoms with Crippen molar-refractivity contribution in [1.29, 1.82) is 0 Å². The molecule has 1 aromatic rings. The molecule has 2 heterocycles. The Labute approximate surface area is 166 Å². The molecule has 27 heavy (non-hydrogen) atoms. The van der Waals surface area contributed by atoms with E-state index in [1.165, 1.54) is 0 Å². The lowest BCUT2D eigenvalue weighted by Crippen LogP contribution is -2.32. The molecule has 1 spiro atoms. The molecule has 0 bridgehead atoms. The summed E-state index contributed by atoms with van der Waals surface area (Å²) in [6.45, 7) is 3.74. The number of halogens is 1. The fourth-order valence-electron chi connectivity index (χ4n) is 4.29. The molecule has 0 radical (unpaired) electrons. The van der Waals surface area contributed by atoms with Gasteiger partial charge in [0.25, 0.3) is 5.91 Å². The first-order valence-corrected chi connectivity index (χ1v) is 9.69. The number of piperidine rings is 1. The lowest BCUT2D eigenvalue weighted by molar-refractivity contribution is -0.132. The number of benzene rings is 1. The number of nitrogens with zero attached hydrogens (tertiary/aromatic N) is 1. The van der Waals surface area contributed by atoms with E-state index >= 15 is 0 Å². The van der Waals surface area contributed by atoms with Crippen LogP contribution in [0.2, 0.25) is 0 Å². The highest BCUT2D eigenvalue weighted by Crippen LogP contribution is 2.58. The lowest BCUT2D eigenvalue weighted by atomic mass is 9.92. The van der Waals surface area contributed by atoms with Crippen molar-refractivity contribution in [2.75, 3.05) is 38.1 Å². The summed E-state index contributed by atoms with van der Waals surface area (Å²) in [6.07, 6.45) is 5.33. The zero-order valence-corrected chi connectivity index (χ0v) is 16.4. The molecule has 2 amide bonds. The van der Waals surface area contributed by atoms with Crippen molar-refractivity contribution in [3.05, 3.63) is 24.3 Å². The minimum absolute atomic E-state index is 0. The van der Waals surface area contributed by atoms with Gasteiger partial charge < -0.3 is 20.3 Å². The fourth-order valence-corrected chi connectivity index (χ4v) is 4.29. The Hall–Kier alpha value is -1.79. The number of carbonyl (C=O) groups excluding carboxylic acids is 2. The lowest BCUT2D eigenvalue weighted by Gasteiger charge is -2.23. The van der Waals surface area contributed by atoms with Crippen molar-refractivity contribution in [1.82, 2.24) is 10.2 Å². The van der Waals surface area contributed by atoms with E-state index in [9.17, 15) is 9.59 Å². The van der Waals surface area contributed by atoms with Crippen LogP contribution in [-0.4, -0.2) is 49.5 Å². The summed E-state index contributed by atoms with van der Waals surface area (Å²) in [4.78, 5) is 26.5. The standard InChI is InChI=1S/C20H27N3O3.ClH/c24-18(23-10-1-2-11-23)14-26-16-5-3-4-15(12-16)22-19(25)17-13-20(17)6-8-21-9-7-20;/h3-5,12,17,21H,1-2,6-11,13-14H2,(H,22,25);1H. The van der Waals surface area contributed by atoms with Crippen LogP contribution < -0.4 is 15.4 Å². The van der Waals surface area contributed by atoms with Gasteiger partial charge in [-0.3, -0.25) is 9.59 Å². The normalized spacial score (nSPS) is 22.8. The molecule has 3 fully saturated rings. The van der Waals surface area contributed by atoms with Crippen LogP contribution in [-0.2, 0) is 9.59 Å². The summed E-state index contributed by atoms with van der Waals surface area (Å²) in [5, 5.41) is 6.38. The Balaban J connectivity index is 0.00000210. The van der Waals surface area contributed by atoms with E-state index in [1.807, 2.05) is 23.1 Å². The van der Waals surface area contributed by atoms with Crippen molar-refractivity contribution < 1.29 is 14.3 Å². The molecule has 2 saturated heterocycles. The average molecular weight is 394 g/mol. The highest BCUT2D eigenvalue weighted by atomic mass is 35.5. The number of ether oxygens (including phenoxy) is 1. The van der Waals surface area contributed by atoms with E-state index in [1.54, 1.807) is 6.07 Å². The van der Waals surface area contributed by atoms with Crippen LogP contribution in [0.5, 0.6) is 5.75 Å². The Morgan fingerprint density at radius 2 is 1.96 bits per heavy atom. The van der Waals surface area contributed by atoms with Crippen molar-refractivity contribution in [3.8, 4) is 5.75 Å². The van der Waals surface area contributed by atoms with Crippen LogP contribution in [0.3, 0.4) is 0 Å². The average Bonchev–Trinajstić information content (AvgIpc) is 3.08. The van der Waals surface area contributed by atoms with E-state index in [0.717, 1.165) is 64.0 Å². The summed E-state index contributed by atoms with van der Waals surface area (Å²) >= 11 is 0. The van der Waals surface area contributed by atoms with E-state index in [2.05, 4.69) is 10.6 Å². The van der Waals surface area contributed by atoms with Crippen molar-refractivity contribution >= 4 is 29.9 Å². The van der Waals surface area contributed by atoms with Gasteiger partial charge in [-0.1, -0.05) is 6.07 Å². The number of nitrogens with one attached hydrogen (secondary N) is 2. The van der Waals surface area contributed by atoms with Gasteiger partial charge >= 0.3 is 0 Å². The molecule has 7 heteroatoms. The molecule has 1 aromatic carbocycles. The van der Waals surface area contributed by atoms with Gasteiger partial charge in [0, 0.05) is 30.8 Å². The summed E-state index contributed by atoms with van der Waals surface area (Å²) in [5.41, 5.74) is 0.961. The maximum absolute atomic E-state index is 12.6. The maximum Gasteiger partial charge on any atom is 0.260 e. The van der Waals surface area contributed by atoms with Crippen LogP contribution in [0.15, 0.2) is 24.3 Å². The quantitative estimate of drug-likeness (QED) is 0.806. The predicted octanol–water partition coefficient (Wildman–Crippen LogP) is 2.44. The number of hydrogen-bond donors (Lipinski definition) is 2. The maximum atomic E-state index is 12.6. The van der Waals surface area contributed by atoms with Crippen molar-refractivity contribution in [2.24, 2.45) is 11.3 Å². The number of carbonyl (C=O) groups is 2.